The number of carbonyl (C=O) groups excluding carboxylic acids is 1. The van der Waals surface area contributed by atoms with Gasteiger partial charge in [0.25, 0.3) is 5.91 Å². The molecule has 0 aliphatic heterocycles. The molecule has 1 unspecified atom stereocenters. The lowest BCUT2D eigenvalue weighted by atomic mass is 10.2. The summed E-state index contributed by atoms with van der Waals surface area (Å²) in [7, 11) is 0. The van der Waals surface area contributed by atoms with E-state index in [4.69, 9.17) is 5.11 Å². The fourth-order valence-corrected chi connectivity index (χ4v) is 1.88. The molecule has 1 rings (SSSR count). The standard InChI is InChI=1S/C11H12F3NO2S/c1-7(6-16)15-10(17)8-4-2-3-5-9(8)18-11(12,13)14/h2-5,7,16H,6H2,1H3,(H,15,17). The van der Waals surface area contributed by atoms with E-state index in [1.807, 2.05) is 0 Å². The first-order chi connectivity index (χ1) is 8.33. The highest BCUT2D eigenvalue weighted by atomic mass is 32.2. The Labute approximate surface area is 106 Å². The van der Waals surface area contributed by atoms with Gasteiger partial charge in [0.2, 0.25) is 0 Å². The number of alkyl halides is 3. The molecule has 100 valence electrons. The Morgan fingerprint density at radius 2 is 2.06 bits per heavy atom. The number of thioether (sulfide) groups is 1. The van der Waals surface area contributed by atoms with Gasteiger partial charge in [0.05, 0.1) is 12.2 Å². The summed E-state index contributed by atoms with van der Waals surface area (Å²) in [5.41, 5.74) is -4.50. The fourth-order valence-electron chi connectivity index (χ4n) is 1.22. The number of benzene rings is 1. The number of hydrogen-bond donors (Lipinski definition) is 2. The van der Waals surface area contributed by atoms with Crippen molar-refractivity contribution in [1.29, 1.82) is 0 Å². The predicted octanol–water partition coefficient (Wildman–Crippen LogP) is 2.41. The van der Waals surface area contributed by atoms with E-state index in [0.29, 0.717) is 0 Å². The summed E-state index contributed by atoms with van der Waals surface area (Å²) in [4.78, 5) is 11.6. The number of aliphatic hydroxyl groups is 1. The molecule has 3 nitrogen and oxygen atoms in total. The second kappa shape index (κ2) is 6.10. The lowest BCUT2D eigenvalue weighted by molar-refractivity contribution is -0.0328. The van der Waals surface area contributed by atoms with Gasteiger partial charge in [0.15, 0.2) is 0 Å². The van der Waals surface area contributed by atoms with E-state index in [1.54, 1.807) is 6.92 Å². The molecule has 18 heavy (non-hydrogen) atoms. The van der Waals surface area contributed by atoms with Crippen molar-refractivity contribution in [3.05, 3.63) is 29.8 Å². The van der Waals surface area contributed by atoms with E-state index in [-0.39, 0.29) is 28.8 Å². The maximum atomic E-state index is 12.3. The van der Waals surface area contributed by atoms with Crippen molar-refractivity contribution in [1.82, 2.24) is 5.32 Å². The molecule has 0 fully saturated rings. The van der Waals surface area contributed by atoms with Crippen LogP contribution in [0.4, 0.5) is 13.2 Å². The Kier molecular flexibility index (Phi) is 5.03. The zero-order valence-corrected chi connectivity index (χ0v) is 10.3. The maximum absolute atomic E-state index is 12.3. The molecule has 0 aliphatic rings. The average molecular weight is 279 g/mol. The maximum Gasteiger partial charge on any atom is 0.446 e. The highest BCUT2D eigenvalue weighted by Crippen LogP contribution is 2.38. The third kappa shape index (κ3) is 4.58. The molecule has 0 radical (unpaired) electrons. The first kappa shape index (κ1) is 14.8. The van der Waals surface area contributed by atoms with Gasteiger partial charge in [-0.05, 0) is 30.8 Å². The molecule has 0 aliphatic carbocycles. The molecule has 1 amide bonds. The summed E-state index contributed by atoms with van der Waals surface area (Å²) in [6, 6.07) is 4.95. The quantitative estimate of drug-likeness (QED) is 0.832. The third-order valence-electron chi connectivity index (χ3n) is 2.01. The normalized spacial score (nSPS) is 13.2. The van der Waals surface area contributed by atoms with Crippen LogP contribution < -0.4 is 5.32 Å². The molecule has 7 heteroatoms. The first-order valence-corrected chi connectivity index (χ1v) is 5.91. The molecule has 2 N–H and O–H groups in total. The van der Waals surface area contributed by atoms with Crippen LogP contribution in [0.15, 0.2) is 29.2 Å². The van der Waals surface area contributed by atoms with Crippen LogP contribution in [0.1, 0.15) is 17.3 Å². The van der Waals surface area contributed by atoms with E-state index in [2.05, 4.69) is 5.32 Å². The summed E-state index contributed by atoms with van der Waals surface area (Å²) in [5, 5.41) is 11.2. The molecule has 0 aromatic heterocycles. The smallest absolute Gasteiger partial charge is 0.394 e. The van der Waals surface area contributed by atoms with Gasteiger partial charge in [-0.1, -0.05) is 12.1 Å². The number of amides is 1. The van der Waals surface area contributed by atoms with Gasteiger partial charge in [-0.15, -0.1) is 0 Å². The molecule has 0 bridgehead atoms. The van der Waals surface area contributed by atoms with Crippen molar-refractivity contribution in [2.24, 2.45) is 0 Å². The molecular formula is C11H12F3NO2S. The Bertz CT molecular complexity index is 423. The summed E-state index contributed by atoms with van der Waals surface area (Å²) >= 11 is -0.333. The SMILES string of the molecule is CC(CO)NC(=O)c1ccccc1SC(F)(F)F. The van der Waals surface area contributed by atoms with Crippen LogP contribution >= 0.6 is 11.8 Å². The minimum atomic E-state index is -4.45. The van der Waals surface area contributed by atoms with Crippen LogP contribution in [0.3, 0.4) is 0 Å². The monoisotopic (exact) mass is 279 g/mol. The molecule has 0 saturated carbocycles. The largest absolute Gasteiger partial charge is 0.446 e. The molecule has 0 spiro atoms. The molecule has 0 saturated heterocycles. The van der Waals surface area contributed by atoms with Gasteiger partial charge in [-0.25, -0.2) is 0 Å². The molecule has 0 heterocycles. The van der Waals surface area contributed by atoms with Gasteiger partial charge in [0, 0.05) is 10.9 Å². The second-order valence-electron chi connectivity index (χ2n) is 3.60. The van der Waals surface area contributed by atoms with Gasteiger partial charge in [-0.2, -0.15) is 13.2 Å². The van der Waals surface area contributed by atoms with Gasteiger partial charge < -0.3 is 10.4 Å². The highest BCUT2D eigenvalue weighted by molar-refractivity contribution is 8.00. The third-order valence-corrected chi connectivity index (χ3v) is 2.82. The molecule has 1 aromatic carbocycles. The lowest BCUT2D eigenvalue weighted by Gasteiger charge is -2.14. The van der Waals surface area contributed by atoms with E-state index >= 15 is 0 Å². The fraction of sp³-hybridized carbons (Fsp3) is 0.364. The van der Waals surface area contributed by atoms with Crippen LogP contribution in [0.25, 0.3) is 0 Å². The van der Waals surface area contributed by atoms with Crippen LogP contribution in [0.5, 0.6) is 0 Å². The van der Waals surface area contributed by atoms with E-state index in [0.717, 1.165) is 0 Å². The first-order valence-electron chi connectivity index (χ1n) is 5.10. The minimum Gasteiger partial charge on any atom is -0.394 e. The lowest BCUT2D eigenvalue weighted by Crippen LogP contribution is -2.35. The Morgan fingerprint density at radius 1 is 1.44 bits per heavy atom. The molecule has 1 atom stereocenters. The van der Waals surface area contributed by atoms with Crippen LogP contribution in [-0.2, 0) is 0 Å². The van der Waals surface area contributed by atoms with E-state index in [9.17, 15) is 18.0 Å². The van der Waals surface area contributed by atoms with E-state index in [1.165, 1.54) is 24.3 Å². The number of halogens is 3. The second-order valence-corrected chi connectivity index (χ2v) is 4.71. The number of carbonyl (C=O) groups is 1. The number of hydrogen-bond acceptors (Lipinski definition) is 3. The summed E-state index contributed by atoms with van der Waals surface area (Å²) in [6.45, 7) is 1.28. The van der Waals surface area contributed by atoms with Crippen molar-refractivity contribution in [2.45, 2.75) is 23.4 Å². The number of nitrogens with one attached hydrogen (secondary N) is 1. The van der Waals surface area contributed by atoms with Gasteiger partial charge in [0.1, 0.15) is 0 Å². The number of aliphatic hydroxyl groups excluding tert-OH is 1. The summed E-state index contributed by atoms with van der Waals surface area (Å²) in [5.74, 6) is -0.635. The average Bonchev–Trinajstić information content (AvgIpc) is 2.27. The molecule has 1 aromatic rings. The van der Waals surface area contributed by atoms with Gasteiger partial charge >= 0.3 is 5.51 Å². The van der Waals surface area contributed by atoms with E-state index < -0.39 is 17.5 Å². The van der Waals surface area contributed by atoms with Crippen LogP contribution in [-0.4, -0.2) is 29.2 Å². The number of rotatable bonds is 4. The van der Waals surface area contributed by atoms with Crippen molar-refractivity contribution >= 4 is 17.7 Å². The van der Waals surface area contributed by atoms with Crippen LogP contribution in [0, 0.1) is 0 Å². The summed E-state index contributed by atoms with van der Waals surface area (Å²) < 4.78 is 36.9. The van der Waals surface area contributed by atoms with Crippen molar-refractivity contribution < 1.29 is 23.1 Å². The zero-order chi connectivity index (χ0) is 13.8. The Balaban J connectivity index is 2.91. The van der Waals surface area contributed by atoms with Gasteiger partial charge in [-0.3, -0.25) is 4.79 Å². The molecular weight excluding hydrogens is 267 g/mol. The van der Waals surface area contributed by atoms with Crippen molar-refractivity contribution in [3.8, 4) is 0 Å². The van der Waals surface area contributed by atoms with Crippen molar-refractivity contribution in [2.75, 3.05) is 6.61 Å². The Hall–Kier alpha value is -1.21. The predicted molar refractivity (Wildman–Crippen MR) is 62.4 cm³/mol. The van der Waals surface area contributed by atoms with Crippen molar-refractivity contribution in [3.63, 3.8) is 0 Å². The topological polar surface area (TPSA) is 49.3 Å². The Morgan fingerprint density at radius 3 is 2.61 bits per heavy atom. The highest BCUT2D eigenvalue weighted by Gasteiger charge is 2.31. The zero-order valence-electron chi connectivity index (χ0n) is 9.49. The van der Waals surface area contributed by atoms with Crippen LogP contribution in [0.2, 0.25) is 0 Å². The summed E-state index contributed by atoms with van der Waals surface area (Å²) in [6.07, 6.45) is 0. The minimum absolute atomic E-state index is 0.0554.